The molecule has 0 aliphatic carbocycles. The Morgan fingerprint density at radius 3 is 1.93 bits per heavy atom. The van der Waals surface area contributed by atoms with Crippen LogP contribution in [0.2, 0.25) is 0 Å². The van der Waals surface area contributed by atoms with E-state index in [4.69, 9.17) is 4.74 Å². The Kier molecular flexibility index (Phi) is 15.5. The van der Waals surface area contributed by atoms with Gasteiger partial charge in [0.15, 0.2) is 12.4 Å². The zero-order chi connectivity index (χ0) is 21.0. The summed E-state index contributed by atoms with van der Waals surface area (Å²) in [7, 11) is 0. The van der Waals surface area contributed by atoms with Gasteiger partial charge < -0.3 is 4.74 Å². The van der Waals surface area contributed by atoms with Gasteiger partial charge in [0.1, 0.15) is 0 Å². The van der Waals surface area contributed by atoms with Crippen molar-refractivity contribution in [2.45, 2.75) is 96.8 Å². The first kappa shape index (κ1) is 25.0. The molecule has 0 aromatic heterocycles. The lowest BCUT2D eigenvalue weighted by molar-refractivity contribution is -0.142. The number of Topliss-reactive ketones (excluding diaryl/α,β-unsaturated/α-hetero) is 1. The Morgan fingerprint density at radius 2 is 1.31 bits per heavy atom. The molecule has 0 heterocycles. The van der Waals surface area contributed by atoms with E-state index in [1.807, 2.05) is 6.07 Å². The van der Waals surface area contributed by atoms with E-state index in [2.05, 4.69) is 18.8 Å². The van der Waals surface area contributed by atoms with Crippen molar-refractivity contribution >= 4 is 11.8 Å². The molecule has 0 spiro atoms. The lowest BCUT2D eigenvalue weighted by Crippen LogP contribution is -2.13. The molecule has 160 valence electrons. The number of ketones is 1. The van der Waals surface area contributed by atoms with Crippen LogP contribution in [0, 0.1) is 11.8 Å². The van der Waals surface area contributed by atoms with Crippen LogP contribution in [-0.2, 0) is 9.53 Å². The summed E-state index contributed by atoms with van der Waals surface area (Å²) >= 11 is 0. The van der Waals surface area contributed by atoms with Gasteiger partial charge in [0.25, 0.3) is 0 Å². The third-order valence-corrected chi connectivity index (χ3v) is 4.92. The Balaban J connectivity index is 1.89. The quantitative estimate of drug-likeness (QED) is 0.132. The monoisotopic (exact) mass is 398 g/mol. The van der Waals surface area contributed by atoms with E-state index < -0.39 is 0 Å². The van der Waals surface area contributed by atoms with Crippen LogP contribution in [0.15, 0.2) is 30.3 Å². The fraction of sp³-hybridized carbons (Fsp3) is 0.615. The van der Waals surface area contributed by atoms with Crippen LogP contribution >= 0.6 is 0 Å². The molecule has 0 saturated heterocycles. The van der Waals surface area contributed by atoms with Crippen LogP contribution in [0.25, 0.3) is 0 Å². The zero-order valence-electron chi connectivity index (χ0n) is 18.2. The maximum absolute atomic E-state index is 11.9. The molecule has 0 N–H and O–H groups in total. The summed E-state index contributed by atoms with van der Waals surface area (Å²) in [6, 6.07) is 8.91. The summed E-state index contributed by atoms with van der Waals surface area (Å²) < 4.78 is 5.07. The molecule has 0 amide bonds. The van der Waals surface area contributed by atoms with Crippen molar-refractivity contribution in [2.75, 3.05) is 6.61 Å². The third-order valence-electron chi connectivity index (χ3n) is 4.92. The number of ether oxygens (including phenoxy) is 1. The number of hydrogen-bond donors (Lipinski definition) is 0. The molecule has 0 aliphatic rings. The third kappa shape index (κ3) is 14.6. The second-order valence-electron chi connectivity index (χ2n) is 7.59. The van der Waals surface area contributed by atoms with Crippen LogP contribution in [0.3, 0.4) is 0 Å². The predicted octanol–water partition coefficient (Wildman–Crippen LogP) is 6.90. The average molecular weight is 399 g/mol. The molecule has 1 aromatic carbocycles. The van der Waals surface area contributed by atoms with Gasteiger partial charge in [-0.3, -0.25) is 9.59 Å². The van der Waals surface area contributed by atoms with Gasteiger partial charge in [-0.2, -0.15) is 0 Å². The first-order valence-corrected chi connectivity index (χ1v) is 11.4. The zero-order valence-corrected chi connectivity index (χ0v) is 18.2. The number of benzene rings is 1. The van der Waals surface area contributed by atoms with E-state index >= 15 is 0 Å². The van der Waals surface area contributed by atoms with E-state index in [9.17, 15) is 9.59 Å². The van der Waals surface area contributed by atoms with Gasteiger partial charge in [-0.1, -0.05) is 88.6 Å². The summed E-state index contributed by atoms with van der Waals surface area (Å²) in [6.07, 6.45) is 15.7. The standard InChI is InChI=1S/C26H38O3/c1-2-3-4-5-6-7-8-9-10-11-12-13-14-15-19-22-26(28)29-23-25(27)24-20-17-16-18-21-24/h16-18,20-21H,2-9,12-15,19,22-23H2,1H3. The lowest BCUT2D eigenvalue weighted by atomic mass is 10.1. The SMILES string of the molecule is CCCCCCCCCC#CCCCCCCC(=O)OCC(=O)c1ccccc1. The Labute approximate surface area is 177 Å². The molecule has 29 heavy (non-hydrogen) atoms. The molecule has 0 radical (unpaired) electrons. The van der Waals surface area contributed by atoms with Crippen molar-refractivity contribution in [3.63, 3.8) is 0 Å². The number of esters is 1. The highest BCUT2D eigenvalue weighted by Gasteiger charge is 2.09. The Morgan fingerprint density at radius 1 is 0.759 bits per heavy atom. The van der Waals surface area contributed by atoms with E-state index in [1.54, 1.807) is 24.3 Å². The van der Waals surface area contributed by atoms with Gasteiger partial charge in [-0.25, -0.2) is 0 Å². The minimum atomic E-state index is -0.288. The number of carbonyl (C=O) groups is 2. The second kappa shape index (κ2) is 18.0. The highest BCUT2D eigenvalue weighted by atomic mass is 16.5. The van der Waals surface area contributed by atoms with E-state index in [-0.39, 0.29) is 18.4 Å². The maximum Gasteiger partial charge on any atom is 0.306 e. The van der Waals surface area contributed by atoms with Crippen molar-refractivity contribution in [2.24, 2.45) is 0 Å². The predicted molar refractivity (Wildman–Crippen MR) is 120 cm³/mol. The number of hydrogen-bond acceptors (Lipinski definition) is 3. The van der Waals surface area contributed by atoms with Gasteiger partial charge in [0, 0.05) is 24.8 Å². The minimum Gasteiger partial charge on any atom is -0.457 e. The molecule has 1 aromatic rings. The van der Waals surface area contributed by atoms with Gasteiger partial charge in [0.2, 0.25) is 0 Å². The molecule has 0 fully saturated rings. The molecule has 3 nitrogen and oxygen atoms in total. The second-order valence-corrected chi connectivity index (χ2v) is 7.59. The number of unbranched alkanes of at least 4 members (excludes halogenated alkanes) is 11. The van der Waals surface area contributed by atoms with Crippen molar-refractivity contribution in [3.05, 3.63) is 35.9 Å². The van der Waals surface area contributed by atoms with Crippen molar-refractivity contribution in [1.82, 2.24) is 0 Å². The van der Waals surface area contributed by atoms with Crippen molar-refractivity contribution in [3.8, 4) is 11.8 Å². The highest BCUT2D eigenvalue weighted by Crippen LogP contribution is 2.09. The molecular formula is C26H38O3. The molecule has 0 aliphatic heterocycles. The molecule has 0 saturated carbocycles. The fourth-order valence-electron chi connectivity index (χ4n) is 3.11. The number of rotatable bonds is 16. The van der Waals surface area contributed by atoms with Crippen LogP contribution in [0.4, 0.5) is 0 Å². The molecular weight excluding hydrogens is 360 g/mol. The van der Waals surface area contributed by atoms with E-state index in [0.29, 0.717) is 12.0 Å². The lowest BCUT2D eigenvalue weighted by Gasteiger charge is -2.04. The molecule has 0 bridgehead atoms. The van der Waals surface area contributed by atoms with Gasteiger partial charge >= 0.3 is 5.97 Å². The van der Waals surface area contributed by atoms with Gasteiger partial charge in [-0.15, -0.1) is 11.8 Å². The largest absolute Gasteiger partial charge is 0.457 e. The fourth-order valence-corrected chi connectivity index (χ4v) is 3.11. The van der Waals surface area contributed by atoms with Gasteiger partial charge in [-0.05, 0) is 19.3 Å². The van der Waals surface area contributed by atoms with Crippen molar-refractivity contribution < 1.29 is 14.3 Å². The van der Waals surface area contributed by atoms with Gasteiger partial charge in [0.05, 0.1) is 0 Å². The Hall–Kier alpha value is -2.08. The van der Waals surface area contributed by atoms with Crippen LogP contribution in [0.1, 0.15) is 107 Å². The highest BCUT2D eigenvalue weighted by molar-refractivity contribution is 5.97. The van der Waals surface area contributed by atoms with Crippen LogP contribution in [0.5, 0.6) is 0 Å². The molecule has 1 rings (SSSR count). The van der Waals surface area contributed by atoms with Crippen LogP contribution in [-0.4, -0.2) is 18.4 Å². The van der Waals surface area contributed by atoms with E-state index in [0.717, 1.165) is 38.5 Å². The summed E-state index contributed by atoms with van der Waals surface area (Å²) in [5, 5.41) is 0. The van der Waals surface area contributed by atoms with E-state index in [1.165, 1.54) is 44.9 Å². The molecule has 3 heteroatoms. The topological polar surface area (TPSA) is 43.4 Å². The molecule has 0 unspecified atom stereocenters. The van der Waals surface area contributed by atoms with Crippen molar-refractivity contribution in [1.29, 1.82) is 0 Å². The maximum atomic E-state index is 11.9. The number of carbonyl (C=O) groups excluding carboxylic acids is 2. The summed E-state index contributed by atoms with van der Waals surface area (Å²) in [4.78, 5) is 23.6. The summed E-state index contributed by atoms with van der Waals surface area (Å²) in [5.74, 6) is 6.10. The summed E-state index contributed by atoms with van der Waals surface area (Å²) in [5.41, 5.74) is 0.577. The summed E-state index contributed by atoms with van der Waals surface area (Å²) in [6.45, 7) is 2.08. The first-order chi connectivity index (χ1) is 14.2. The first-order valence-electron chi connectivity index (χ1n) is 11.4. The molecule has 0 atom stereocenters. The average Bonchev–Trinajstić information content (AvgIpc) is 2.75. The smallest absolute Gasteiger partial charge is 0.306 e. The Bertz CT molecular complexity index is 610. The van der Waals surface area contributed by atoms with Crippen LogP contribution < -0.4 is 0 Å². The normalized spacial score (nSPS) is 10.2. The minimum absolute atomic E-state index is 0.158.